The lowest BCUT2D eigenvalue weighted by Gasteiger charge is -2.24. The molecular weight excluding hydrogens is 501 g/mol. The summed E-state index contributed by atoms with van der Waals surface area (Å²) in [5.41, 5.74) is -1.66. The molecule has 33 heavy (non-hydrogen) atoms. The van der Waals surface area contributed by atoms with Gasteiger partial charge in [0.05, 0.1) is 16.0 Å². The molecule has 4 rings (SSSR count). The number of benzene rings is 2. The highest BCUT2D eigenvalue weighted by molar-refractivity contribution is 7.91. The molecule has 3 aromatic rings. The molecule has 0 amide bonds. The zero-order chi connectivity index (χ0) is 24.0. The van der Waals surface area contributed by atoms with E-state index in [0.29, 0.717) is 16.2 Å². The summed E-state index contributed by atoms with van der Waals surface area (Å²) in [5.74, 6) is 0.538. The number of alkyl halides is 3. The van der Waals surface area contributed by atoms with Crippen LogP contribution in [0.5, 0.6) is 0 Å². The van der Waals surface area contributed by atoms with Gasteiger partial charge in [-0.3, -0.25) is 0 Å². The van der Waals surface area contributed by atoms with Crippen molar-refractivity contribution in [1.82, 2.24) is 8.69 Å². The van der Waals surface area contributed by atoms with E-state index < -0.39 is 64.8 Å². The Hall–Kier alpha value is -2.06. The van der Waals surface area contributed by atoms with E-state index in [4.69, 9.17) is 0 Å². The molecular formula is C20H19F3N2O5S3. The van der Waals surface area contributed by atoms with Crippen LogP contribution < -0.4 is 4.72 Å². The molecule has 2 heterocycles. The van der Waals surface area contributed by atoms with Crippen LogP contribution in [0.15, 0.2) is 64.5 Å². The van der Waals surface area contributed by atoms with Gasteiger partial charge in [0.1, 0.15) is 16.4 Å². The van der Waals surface area contributed by atoms with Gasteiger partial charge in [0, 0.05) is 30.5 Å². The van der Waals surface area contributed by atoms with Crippen LogP contribution >= 0.6 is 0 Å². The van der Waals surface area contributed by atoms with E-state index in [2.05, 4.69) is 4.72 Å². The summed E-state index contributed by atoms with van der Waals surface area (Å²) in [6.07, 6.45) is -3.68. The van der Waals surface area contributed by atoms with Crippen LogP contribution in [0.4, 0.5) is 13.2 Å². The van der Waals surface area contributed by atoms with E-state index in [1.165, 1.54) is 24.3 Å². The third-order valence-corrected chi connectivity index (χ3v) is 9.97. The first-order chi connectivity index (χ1) is 15.4. The monoisotopic (exact) mass is 520 g/mol. The van der Waals surface area contributed by atoms with Gasteiger partial charge < -0.3 is 4.55 Å². The number of hydrogen-bond acceptors (Lipinski definition) is 5. The predicted octanol–water partition coefficient (Wildman–Crippen LogP) is 3.09. The second-order valence-electron chi connectivity index (χ2n) is 7.55. The first kappa shape index (κ1) is 24.1. The molecule has 0 unspecified atom stereocenters. The number of nitrogens with zero attached hydrogens (tertiary/aromatic N) is 1. The van der Waals surface area contributed by atoms with Gasteiger partial charge in [0.2, 0.25) is 10.0 Å². The van der Waals surface area contributed by atoms with Crippen molar-refractivity contribution in [1.29, 1.82) is 0 Å². The maximum atomic E-state index is 13.8. The van der Waals surface area contributed by atoms with E-state index in [-0.39, 0.29) is 29.2 Å². The molecule has 0 saturated carbocycles. The summed E-state index contributed by atoms with van der Waals surface area (Å²) < 4.78 is 109. The Kier molecular flexibility index (Phi) is 6.29. The zero-order valence-electron chi connectivity index (χ0n) is 16.9. The second-order valence-corrected chi connectivity index (χ2v) is 12.7. The van der Waals surface area contributed by atoms with Gasteiger partial charge >= 0.3 is 6.18 Å². The number of nitrogens with one attached hydrogen (secondary N) is 1. The third-order valence-electron chi connectivity index (χ3n) is 5.37. The number of halogens is 3. The first-order valence-corrected chi connectivity index (χ1v) is 14.2. The summed E-state index contributed by atoms with van der Waals surface area (Å²) in [6.45, 7) is 0. The Balaban J connectivity index is 1.93. The van der Waals surface area contributed by atoms with Gasteiger partial charge in [0.25, 0.3) is 10.0 Å². The summed E-state index contributed by atoms with van der Waals surface area (Å²) >= 11 is -1.07. The van der Waals surface area contributed by atoms with E-state index >= 15 is 0 Å². The Morgan fingerprint density at radius 3 is 2.21 bits per heavy atom. The average Bonchev–Trinajstić information content (AvgIpc) is 3.17. The summed E-state index contributed by atoms with van der Waals surface area (Å²) in [4.78, 5) is -0.984. The molecule has 0 bridgehead atoms. The van der Waals surface area contributed by atoms with Gasteiger partial charge in [-0.2, -0.15) is 13.2 Å². The molecule has 1 N–H and O–H groups in total. The Bertz CT molecular complexity index is 1380. The Labute approximate surface area is 191 Å². The molecule has 0 spiro atoms. The molecule has 0 atom stereocenters. The second kappa shape index (κ2) is 8.62. The normalized spacial score (nSPS) is 20.2. The van der Waals surface area contributed by atoms with Crippen LogP contribution in [-0.2, 0) is 37.4 Å². The van der Waals surface area contributed by atoms with E-state index in [9.17, 15) is 34.6 Å². The minimum absolute atomic E-state index is 0.203. The molecule has 178 valence electrons. The van der Waals surface area contributed by atoms with E-state index in [1.807, 2.05) is 0 Å². The summed E-state index contributed by atoms with van der Waals surface area (Å²) in [7, 11) is -8.93. The van der Waals surface area contributed by atoms with Crippen molar-refractivity contribution in [3.63, 3.8) is 0 Å². The summed E-state index contributed by atoms with van der Waals surface area (Å²) in [6, 6.07) is 9.27. The van der Waals surface area contributed by atoms with Crippen molar-refractivity contribution >= 4 is 42.1 Å². The largest absolute Gasteiger partial charge is 0.616 e. The molecule has 1 fully saturated rings. The highest BCUT2D eigenvalue weighted by Gasteiger charge is 2.38. The van der Waals surface area contributed by atoms with Crippen LogP contribution in [0.25, 0.3) is 10.9 Å². The van der Waals surface area contributed by atoms with Crippen molar-refractivity contribution in [2.24, 2.45) is 0 Å². The molecule has 7 nitrogen and oxygen atoms in total. The minimum Gasteiger partial charge on any atom is -0.616 e. The van der Waals surface area contributed by atoms with Gasteiger partial charge in [-0.25, -0.2) is 25.5 Å². The Morgan fingerprint density at radius 1 is 0.970 bits per heavy atom. The van der Waals surface area contributed by atoms with Crippen molar-refractivity contribution in [3.8, 4) is 0 Å². The van der Waals surface area contributed by atoms with Crippen molar-refractivity contribution in [2.75, 3.05) is 11.5 Å². The molecule has 2 aromatic carbocycles. The van der Waals surface area contributed by atoms with Crippen molar-refractivity contribution < 1.29 is 34.6 Å². The smallest absolute Gasteiger partial charge is 0.417 e. The predicted molar refractivity (Wildman–Crippen MR) is 117 cm³/mol. The first-order valence-electron chi connectivity index (χ1n) is 9.80. The fourth-order valence-electron chi connectivity index (χ4n) is 3.76. The quantitative estimate of drug-likeness (QED) is 0.520. The number of fused-ring (bicyclic) bond motifs is 1. The fraction of sp³-hybridized carbons (Fsp3) is 0.300. The number of aromatic nitrogens is 1. The average molecular weight is 521 g/mol. The lowest BCUT2D eigenvalue weighted by Crippen LogP contribution is -2.40. The fourth-order valence-corrected chi connectivity index (χ4v) is 8.04. The topological polar surface area (TPSA) is 108 Å². The zero-order valence-corrected chi connectivity index (χ0v) is 19.4. The number of hydrogen-bond donors (Lipinski definition) is 1. The SMILES string of the molecule is O=S(=O)(N[C@H]1CC[S@+]([O-])CC1)c1cn(S(=O)(=O)c2ccccc2)c2cccc(C(F)(F)F)c12. The van der Waals surface area contributed by atoms with E-state index in [1.54, 1.807) is 6.07 Å². The molecule has 0 aliphatic carbocycles. The van der Waals surface area contributed by atoms with Crippen LogP contribution in [0.2, 0.25) is 0 Å². The molecule has 1 aliphatic heterocycles. The minimum atomic E-state index is -4.92. The van der Waals surface area contributed by atoms with Crippen LogP contribution in [-0.4, -0.2) is 42.9 Å². The third kappa shape index (κ3) is 4.64. The molecule has 1 aromatic heterocycles. The van der Waals surface area contributed by atoms with Crippen LogP contribution in [0, 0.1) is 0 Å². The van der Waals surface area contributed by atoms with Gasteiger partial charge in [-0.1, -0.05) is 35.4 Å². The molecule has 0 radical (unpaired) electrons. The van der Waals surface area contributed by atoms with Crippen LogP contribution in [0.3, 0.4) is 0 Å². The lowest BCUT2D eigenvalue weighted by molar-refractivity contribution is -0.136. The van der Waals surface area contributed by atoms with Gasteiger partial charge in [-0.15, -0.1) is 0 Å². The van der Waals surface area contributed by atoms with E-state index in [0.717, 1.165) is 12.1 Å². The maximum Gasteiger partial charge on any atom is 0.417 e. The summed E-state index contributed by atoms with van der Waals surface area (Å²) in [5, 5.41) is -0.726. The van der Waals surface area contributed by atoms with Crippen molar-refractivity contribution in [2.45, 2.75) is 34.9 Å². The van der Waals surface area contributed by atoms with Crippen LogP contribution in [0.1, 0.15) is 18.4 Å². The highest BCUT2D eigenvalue weighted by Crippen LogP contribution is 2.39. The molecule has 1 saturated heterocycles. The number of rotatable bonds is 5. The molecule has 1 aliphatic rings. The number of sulfonamides is 1. The van der Waals surface area contributed by atoms with Crippen molar-refractivity contribution in [3.05, 3.63) is 60.3 Å². The van der Waals surface area contributed by atoms with Gasteiger partial charge in [0.15, 0.2) is 0 Å². The lowest BCUT2D eigenvalue weighted by atomic mass is 10.1. The Morgan fingerprint density at radius 2 is 1.61 bits per heavy atom. The molecule has 13 heteroatoms. The highest BCUT2D eigenvalue weighted by atomic mass is 32.2. The standard InChI is InChI=1S/C20H19F3N2O5S3/c21-20(22,23)16-7-4-8-17-19(16)18(32(27,28)24-14-9-11-31(26)12-10-14)13-25(17)33(29,30)15-5-2-1-3-6-15/h1-8,13-14,24H,9-12H2/t14-,31-. The maximum absolute atomic E-state index is 13.8. The van der Waals surface area contributed by atoms with Gasteiger partial charge in [-0.05, 0) is 24.3 Å².